The SMILES string of the molecule is COc1ccc(OC)c(NC(=S)N[C@@H]2CCCC[C@H]2C)c1. The number of hydrogen-bond donors (Lipinski definition) is 2. The maximum absolute atomic E-state index is 5.44. The lowest BCUT2D eigenvalue weighted by atomic mass is 9.86. The molecule has 1 fully saturated rings. The van der Waals surface area contributed by atoms with Gasteiger partial charge in [-0.05, 0) is 43.1 Å². The second kappa shape index (κ2) is 7.50. The summed E-state index contributed by atoms with van der Waals surface area (Å²) in [7, 11) is 3.29. The van der Waals surface area contributed by atoms with E-state index in [0.29, 0.717) is 17.1 Å². The van der Waals surface area contributed by atoms with Crippen LogP contribution in [0.5, 0.6) is 11.5 Å². The lowest BCUT2D eigenvalue weighted by Crippen LogP contribution is -2.43. The van der Waals surface area contributed by atoms with Crippen LogP contribution in [0.25, 0.3) is 0 Å². The fourth-order valence-electron chi connectivity index (χ4n) is 2.77. The highest BCUT2D eigenvalue weighted by Crippen LogP contribution is 2.29. The molecule has 1 aromatic rings. The molecule has 0 amide bonds. The topological polar surface area (TPSA) is 42.5 Å². The number of rotatable bonds is 4. The van der Waals surface area contributed by atoms with Crippen molar-refractivity contribution >= 4 is 23.0 Å². The normalized spacial score (nSPS) is 21.5. The van der Waals surface area contributed by atoms with Gasteiger partial charge in [0.2, 0.25) is 0 Å². The molecule has 1 aliphatic rings. The highest BCUT2D eigenvalue weighted by molar-refractivity contribution is 7.80. The van der Waals surface area contributed by atoms with Crippen molar-refractivity contribution in [3.05, 3.63) is 18.2 Å². The van der Waals surface area contributed by atoms with Crippen LogP contribution in [0.15, 0.2) is 18.2 Å². The summed E-state index contributed by atoms with van der Waals surface area (Å²) in [5.74, 6) is 2.18. The van der Waals surface area contributed by atoms with Crippen LogP contribution in [0.2, 0.25) is 0 Å². The van der Waals surface area contributed by atoms with Crippen LogP contribution in [0.3, 0.4) is 0 Å². The lowest BCUT2D eigenvalue weighted by Gasteiger charge is -2.30. The van der Waals surface area contributed by atoms with Crippen LogP contribution in [0.1, 0.15) is 32.6 Å². The van der Waals surface area contributed by atoms with Gasteiger partial charge in [0.15, 0.2) is 5.11 Å². The Morgan fingerprint density at radius 3 is 2.62 bits per heavy atom. The van der Waals surface area contributed by atoms with Gasteiger partial charge in [0.05, 0.1) is 19.9 Å². The van der Waals surface area contributed by atoms with E-state index in [9.17, 15) is 0 Å². The number of thiocarbonyl (C=S) groups is 1. The average molecular weight is 308 g/mol. The van der Waals surface area contributed by atoms with Crippen LogP contribution in [-0.4, -0.2) is 25.4 Å². The van der Waals surface area contributed by atoms with Gasteiger partial charge in [-0.25, -0.2) is 0 Å². The fraction of sp³-hybridized carbons (Fsp3) is 0.562. The molecule has 0 radical (unpaired) electrons. The number of hydrogen-bond acceptors (Lipinski definition) is 3. The number of ether oxygens (including phenoxy) is 2. The first-order valence-corrected chi connectivity index (χ1v) is 7.84. The third kappa shape index (κ3) is 4.24. The minimum Gasteiger partial charge on any atom is -0.497 e. The molecule has 0 saturated heterocycles. The van der Waals surface area contributed by atoms with Gasteiger partial charge in [-0.1, -0.05) is 19.8 Å². The summed E-state index contributed by atoms with van der Waals surface area (Å²) in [5, 5.41) is 7.29. The van der Waals surface area contributed by atoms with Crippen molar-refractivity contribution in [2.45, 2.75) is 38.6 Å². The molecule has 0 spiro atoms. The Balaban J connectivity index is 2.01. The molecule has 5 heteroatoms. The third-order valence-corrected chi connectivity index (χ3v) is 4.30. The Morgan fingerprint density at radius 2 is 1.95 bits per heavy atom. The molecule has 2 N–H and O–H groups in total. The smallest absolute Gasteiger partial charge is 0.171 e. The second-order valence-corrected chi connectivity index (χ2v) is 5.94. The predicted molar refractivity (Wildman–Crippen MR) is 90.3 cm³/mol. The standard InChI is InChI=1S/C16H24N2O2S/c1-11-6-4-5-7-13(11)17-16(21)18-14-10-12(19-2)8-9-15(14)20-3/h8-11,13H,4-7H2,1-3H3,(H2,17,18,21)/t11-,13-/m1/s1. The Labute approximate surface area is 132 Å². The maximum Gasteiger partial charge on any atom is 0.171 e. The average Bonchev–Trinajstić information content (AvgIpc) is 2.49. The van der Waals surface area contributed by atoms with E-state index in [1.54, 1.807) is 14.2 Å². The molecule has 0 unspecified atom stereocenters. The van der Waals surface area contributed by atoms with Gasteiger partial charge >= 0.3 is 0 Å². The Bertz CT molecular complexity index is 493. The van der Waals surface area contributed by atoms with Gasteiger partial charge in [0, 0.05) is 12.1 Å². The highest BCUT2D eigenvalue weighted by atomic mass is 32.1. The van der Waals surface area contributed by atoms with E-state index in [2.05, 4.69) is 17.6 Å². The molecule has 0 aliphatic heterocycles. The summed E-state index contributed by atoms with van der Waals surface area (Å²) in [5.41, 5.74) is 0.817. The molecule has 2 atom stereocenters. The molecule has 0 aromatic heterocycles. The summed E-state index contributed by atoms with van der Waals surface area (Å²) in [4.78, 5) is 0. The number of benzene rings is 1. The van der Waals surface area contributed by atoms with Gasteiger partial charge in [-0.3, -0.25) is 0 Å². The highest BCUT2D eigenvalue weighted by Gasteiger charge is 2.21. The molecule has 1 aromatic carbocycles. The Kier molecular flexibility index (Phi) is 5.67. The summed E-state index contributed by atoms with van der Waals surface area (Å²) in [6.45, 7) is 2.28. The fourth-order valence-corrected chi connectivity index (χ4v) is 3.03. The number of anilines is 1. The van der Waals surface area contributed by atoms with E-state index in [0.717, 1.165) is 17.2 Å². The van der Waals surface area contributed by atoms with Crippen LogP contribution < -0.4 is 20.1 Å². The third-order valence-electron chi connectivity index (χ3n) is 4.08. The molecule has 0 heterocycles. The molecule has 4 nitrogen and oxygen atoms in total. The van der Waals surface area contributed by atoms with Gasteiger partial charge in [0.25, 0.3) is 0 Å². The van der Waals surface area contributed by atoms with Crippen LogP contribution >= 0.6 is 12.2 Å². The second-order valence-electron chi connectivity index (χ2n) is 5.53. The van der Waals surface area contributed by atoms with Crippen molar-refractivity contribution in [1.82, 2.24) is 5.32 Å². The lowest BCUT2D eigenvalue weighted by molar-refractivity contribution is 0.309. The number of nitrogens with one attached hydrogen (secondary N) is 2. The first-order chi connectivity index (χ1) is 10.1. The molecule has 2 rings (SSSR count). The van der Waals surface area contributed by atoms with Crippen molar-refractivity contribution in [2.75, 3.05) is 19.5 Å². The van der Waals surface area contributed by atoms with E-state index >= 15 is 0 Å². The van der Waals surface area contributed by atoms with E-state index in [1.165, 1.54) is 25.7 Å². The van der Waals surface area contributed by atoms with Crippen molar-refractivity contribution in [2.24, 2.45) is 5.92 Å². The summed E-state index contributed by atoms with van der Waals surface area (Å²) in [6, 6.07) is 6.07. The van der Waals surface area contributed by atoms with E-state index in [1.807, 2.05) is 18.2 Å². The summed E-state index contributed by atoms with van der Waals surface area (Å²) >= 11 is 5.44. The predicted octanol–water partition coefficient (Wildman–Crippen LogP) is 3.57. The molecular weight excluding hydrogens is 284 g/mol. The van der Waals surface area contributed by atoms with Gasteiger partial charge in [0.1, 0.15) is 11.5 Å². The van der Waals surface area contributed by atoms with Crippen molar-refractivity contribution in [3.8, 4) is 11.5 Å². The zero-order valence-electron chi connectivity index (χ0n) is 12.9. The minimum atomic E-state index is 0.454. The largest absolute Gasteiger partial charge is 0.497 e. The molecular formula is C16H24N2O2S. The number of methoxy groups -OCH3 is 2. The van der Waals surface area contributed by atoms with Crippen LogP contribution in [0, 0.1) is 5.92 Å². The zero-order valence-corrected chi connectivity index (χ0v) is 13.8. The molecule has 1 saturated carbocycles. The summed E-state index contributed by atoms with van der Waals surface area (Å²) in [6.07, 6.45) is 5.04. The molecule has 21 heavy (non-hydrogen) atoms. The minimum absolute atomic E-state index is 0.454. The summed E-state index contributed by atoms with van der Waals surface area (Å²) < 4.78 is 10.6. The maximum atomic E-state index is 5.44. The van der Waals surface area contributed by atoms with E-state index in [4.69, 9.17) is 21.7 Å². The van der Waals surface area contributed by atoms with Crippen LogP contribution in [0.4, 0.5) is 5.69 Å². The molecule has 116 valence electrons. The van der Waals surface area contributed by atoms with Crippen molar-refractivity contribution < 1.29 is 9.47 Å². The quantitative estimate of drug-likeness (QED) is 0.832. The Morgan fingerprint density at radius 1 is 1.19 bits per heavy atom. The first-order valence-electron chi connectivity index (χ1n) is 7.43. The van der Waals surface area contributed by atoms with Gasteiger partial charge in [-0.2, -0.15) is 0 Å². The van der Waals surface area contributed by atoms with E-state index < -0.39 is 0 Å². The first kappa shape index (κ1) is 15.9. The van der Waals surface area contributed by atoms with E-state index in [-0.39, 0.29) is 0 Å². The Hall–Kier alpha value is -1.49. The zero-order chi connectivity index (χ0) is 15.2. The van der Waals surface area contributed by atoms with Crippen molar-refractivity contribution in [3.63, 3.8) is 0 Å². The van der Waals surface area contributed by atoms with Gasteiger partial charge < -0.3 is 20.1 Å². The van der Waals surface area contributed by atoms with Gasteiger partial charge in [-0.15, -0.1) is 0 Å². The molecule has 1 aliphatic carbocycles. The molecule has 0 bridgehead atoms. The van der Waals surface area contributed by atoms with Crippen molar-refractivity contribution in [1.29, 1.82) is 0 Å². The van der Waals surface area contributed by atoms with Crippen LogP contribution in [-0.2, 0) is 0 Å². The monoisotopic (exact) mass is 308 g/mol.